The first-order valence-electron chi connectivity index (χ1n) is 24.2. The van der Waals surface area contributed by atoms with Gasteiger partial charge in [0.2, 0.25) is 0 Å². The van der Waals surface area contributed by atoms with Gasteiger partial charge in [-0.1, -0.05) is 108 Å². The SMILES string of the molecule is Cc1cc(-c2cc3ccccc3o2)cc(C)c1N1c2cccc3c2B(c2c1sc1ccc(C(C)(C)C)cc21)c1c(sc2ccc(C(C)(C)C)cc12)N3c1c(C)cc(-c2cc3ccccc3o2)cc1C. The first-order valence-corrected chi connectivity index (χ1v) is 25.8. The lowest BCUT2D eigenvalue weighted by Crippen LogP contribution is -2.60. The number of rotatable bonds is 4. The molecule has 6 heterocycles. The highest BCUT2D eigenvalue weighted by molar-refractivity contribution is 7.29. The Hall–Kier alpha value is -6.80. The number of nitrogens with zero attached hydrogens (tertiary/aromatic N) is 2. The summed E-state index contributed by atoms with van der Waals surface area (Å²) >= 11 is 3.87. The first kappa shape index (κ1) is 42.3. The average molecular weight is 933 g/mol. The maximum atomic E-state index is 6.48. The van der Waals surface area contributed by atoms with E-state index in [1.54, 1.807) is 0 Å². The number of furan rings is 2. The first-order chi connectivity index (χ1) is 33.1. The van der Waals surface area contributed by atoms with Crippen LogP contribution in [-0.4, -0.2) is 6.71 Å². The standard InChI is InChI=1S/C62H53BN2O2S2/c1-34-26-40(50-30-38-16-11-13-20-48(38)66-50)27-35(2)57(34)64-46-18-15-19-47-56(46)63(54-44-32-42(61(5,6)7)22-24-52(44)68-59(54)64)55-45-33-43(62(8,9)10)23-25-53(45)69-60(55)65(47)58-36(3)28-41(29-37(58)4)51-31-39-17-12-14-21-49(39)67-51/h11-33H,1-10H3. The highest BCUT2D eigenvalue weighted by Gasteiger charge is 2.48. The van der Waals surface area contributed by atoms with Crippen molar-refractivity contribution in [1.29, 1.82) is 0 Å². The molecule has 0 spiro atoms. The molecule has 11 aromatic rings. The molecule has 13 rings (SSSR count). The second-order valence-electron chi connectivity index (χ2n) is 21.6. The number of benzene rings is 7. The van der Waals surface area contributed by atoms with Gasteiger partial charge < -0.3 is 18.6 Å². The summed E-state index contributed by atoms with van der Waals surface area (Å²) in [6.45, 7) is 23.1. The van der Waals surface area contributed by atoms with Gasteiger partial charge in [-0.2, -0.15) is 0 Å². The molecular formula is C62H53BN2O2S2. The van der Waals surface area contributed by atoms with Gasteiger partial charge in [0, 0.05) is 42.7 Å². The molecule has 0 saturated carbocycles. The summed E-state index contributed by atoms with van der Waals surface area (Å²) in [6, 6.07) is 51.8. The fourth-order valence-corrected chi connectivity index (χ4v) is 14.0. The van der Waals surface area contributed by atoms with Gasteiger partial charge in [-0.25, -0.2) is 0 Å². The minimum atomic E-state index is -0.0190. The minimum Gasteiger partial charge on any atom is -0.456 e. The number of hydrogen-bond acceptors (Lipinski definition) is 6. The zero-order chi connectivity index (χ0) is 47.4. The number of thiophene rings is 2. The van der Waals surface area contributed by atoms with E-state index in [9.17, 15) is 0 Å². The van der Waals surface area contributed by atoms with Crippen molar-refractivity contribution in [3.05, 3.63) is 173 Å². The summed E-state index contributed by atoms with van der Waals surface area (Å²) in [5.74, 6) is 1.78. The third-order valence-corrected chi connectivity index (χ3v) is 17.2. The topological polar surface area (TPSA) is 32.8 Å². The molecule has 2 aliphatic rings. The van der Waals surface area contributed by atoms with E-state index in [4.69, 9.17) is 8.83 Å². The van der Waals surface area contributed by atoms with Crippen molar-refractivity contribution in [3.63, 3.8) is 0 Å². The van der Waals surface area contributed by atoms with E-state index >= 15 is 0 Å². The number of anilines is 6. The summed E-state index contributed by atoms with van der Waals surface area (Å²) < 4.78 is 15.6. The molecule has 7 aromatic carbocycles. The van der Waals surface area contributed by atoms with Crippen LogP contribution in [-0.2, 0) is 10.8 Å². The van der Waals surface area contributed by atoms with E-state index in [0.29, 0.717) is 0 Å². The van der Waals surface area contributed by atoms with Crippen LogP contribution in [0.2, 0.25) is 0 Å². The molecule has 0 radical (unpaired) electrons. The van der Waals surface area contributed by atoms with Crippen molar-refractivity contribution in [2.75, 3.05) is 9.80 Å². The normalized spacial score (nSPS) is 13.6. The van der Waals surface area contributed by atoms with Gasteiger partial charge in [-0.05, 0) is 172 Å². The van der Waals surface area contributed by atoms with Crippen molar-refractivity contribution < 1.29 is 8.83 Å². The summed E-state index contributed by atoms with van der Waals surface area (Å²) in [6.07, 6.45) is 0. The summed E-state index contributed by atoms with van der Waals surface area (Å²) in [4.78, 5) is 5.25. The maximum absolute atomic E-state index is 6.48. The van der Waals surface area contributed by atoms with Gasteiger partial charge in [0.1, 0.15) is 22.7 Å². The van der Waals surface area contributed by atoms with E-state index in [0.717, 1.165) is 44.6 Å². The highest BCUT2D eigenvalue weighted by atomic mass is 32.1. The lowest BCUT2D eigenvalue weighted by molar-refractivity contribution is 0.591. The lowest BCUT2D eigenvalue weighted by Gasteiger charge is -2.43. The Balaban J connectivity index is 1.10. The van der Waals surface area contributed by atoms with E-state index < -0.39 is 0 Å². The van der Waals surface area contributed by atoms with Gasteiger partial charge in [-0.3, -0.25) is 0 Å². The van der Waals surface area contributed by atoms with Crippen LogP contribution in [0.4, 0.5) is 32.8 Å². The van der Waals surface area contributed by atoms with Crippen molar-refractivity contribution in [2.24, 2.45) is 0 Å². The minimum absolute atomic E-state index is 0.00694. The quantitative estimate of drug-likeness (QED) is 0.165. The average Bonchev–Trinajstić information content (AvgIpc) is 4.11. The van der Waals surface area contributed by atoms with E-state index in [-0.39, 0.29) is 17.5 Å². The number of fused-ring (bicyclic) bond motifs is 10. The predicted molar refractivity (Wildman–Crippen MR) is 298 cm³/mol. The van der Waals surface area contributed by atoms with Crippen LogP contribution in [0.5, 0.6) is 0 Å². The second kappa shape index (κ2) is 14.9. The monoisotopic (exact) mass is 932 g/mol. The molecule has 2 aliphatic heterocycles. The molecule has 7 heteroatoms. The smallest absolute Gasteiger partial charge is 0.256 e. The van der Waals surface area contributed by atoms with Crippen LogP contribution in [0, 0.1) is 27.7 Å². The molecule has 69 heavy (non-hydrogen) atoms. The molecule has 4 aromatic heterocycles. The largest absolute Gasteiger partial charge is 0.456 e. The molecule has 0 bridgehead atoms. The van der Waals surface area contributed by atoms with Gasteiger partial charge >= 0.3 is 0 Å². The maximum Gasteiger partial charge on any atom is 0.256 e. The van der Waals surface area contributed by atoms with Gasteiger partial charge in [0.15, 0.2) is 0 Å². The van der Waals surface area contributed by atoms with Crippen LogP contribution in [0.3, 0.4) is 0 Å². The van der Waals surface area contributed by atoms with Crippen molar-refractivity contribution >= 4 is 121 Å². The number of para-hydroxylation sites is 2. The van der Waals surface area contributed by atoms with E-state index in [1.165, 1.54) is 103 Å². The van der Waals surface area contributed by atoms with Crippen molar-refractivity contribution in [1.82, 2.24) is 0 Å². The Morgan fingerprint density at radius 2 is 0.841 bits per heavy atom. The zero-order valence-corrected chi connectivity index (χ0v) is 42.5. The van der Waals surface area contributed by atoms with E-state index in [1.807, 2.05) is 34.8 Å². The molecule has 0 aliphatic carbocycles. The fraction of sp³-hybridized carbons (Fsp3) is 0.194. The summed E-state index contributed by atoms with van der Waals surface area (Å²) in [5, 5.41) is 7.51. The van der Waals surface area contributed by atoms with E-state index in [2.05, 4.69) is 206 Å². The Labute approximate surface area is 412 Å². The van der Waals surface area contributed by atoms with Crippen molar-refractivity contribution in [2.45, 2.75) is 80.1 Å². The third kappa shape index (κ3) is 6.39. The predicted octanol–water partition coefficient (Wildman–Crippen LogP) is 16.9. The Kier molecular flexibility index (Phi) is 9.11. The summed E-state index contributed by atoms with van der Waals surface area (Å²) in [7, 11) is 0. The molecule has 0 fully saturated rings. The fourth-order valence-electron chi connectivity index (χ4n) is 11.5. The molecule has 338 valence electrons. The Morgan fingerprint density at radius 3 is 1.23 bits per heavy atom. The molecule has 0 N–H and O–H groups in total. The Bertz CT molecular complexity index is 3600. The molecular weight excluding hydrogens is 880 g/mol. The van der Waals surface area contributed by atoms with Crippen molar-refractivity contribution in [3.8, 4) is 22.6 Å². The molecule has 0 saturated heterocycles. The van der Waals surface area contributed by atoms with Crippen LogP contribution in [0.15, 0.2) is 148 Å². The summed E-state index contributed by atoms with van der Waals surface area (Å²) in [5.41, 5.74) is 20.5. The zero-order valence-electron chi connectivity index (χ0n) is 40.9. The molecule has 4 nitrogen and oxygen atoms in total. The lowest BCUT2D eigenvalue weighted by atomic mass is 9.33. The number of hydrogen-bond donors (Lipinski definition) is 0. The van der Waals surface area contributed by atoms with Crippen LogP contribution in [0.1, 0.15) is 74.9 Å². The van der Waals surface area contributed by atoms with Gasteiger partial charge in [0.25, 0.3) is 6.71 Å². The second-order valence-corrected chi connectivity index (χ2v) is 23.7. The van der Waals surface area contributed by atoms with Crippen LogP contribution >= 0.6 is 22.7 Å². The molecule has 0 amide bonds. The van der Waals surface area contributed by atoms with Gasteiger partial charge in [-0.15, -0.1) is 22.7 Å². The highest BCUT2D eigenvalue weighted by Crippen LogP contribution is 2.53. The Morgan fingerprint density at radius 1 is 0.435 bits per heavy atom. The third-order valence-electron chi connectivity index (χ3n) is 14.8. The van der Waals surface area contributed by atoms with Crippen LogP contribution < -0.4 is 26.2 Å². The van der Waals surface area contributed by atoms with Crippen LogP contribution in [0.25, 0.3) is 64.8 Å². The number of aryl methyl sites for hydroxylation is 4. The molecule has 0 unspecified atom stereocenters. The molecule has 0 atom stereocenters. The van der Waals surface area contributed by atoms with Gasteiger partial charge in [0.05, 0.1) is 21.4 Å².